The second-order valence-electron chi connectivity index (χ2n) is 10.1. The molecule has 208 valence electrons. The van der Waals surface area contributed by atoms with Gasteiger partial charge in [-0.15, -0.1) is 11.3 Å². The summed E-state index contributed by atoms with van der Waals surface area (Å²) in [6.45, 7) is 4.42. The molecule has 11 heteroatoms. The van der Waals surface area contributed by atoms with Crippen LogP contribution in [0.25, 0.3) is 10.1 Å². The van der Waals surface area contributed by atoms with Gasteiger partial charge >= 0.3 is 0 Å². The molecular formula is C30H28N6O4S. The lowest BCUT2D eigenvalue weighted by molar-refractivity contribution is -0.125. The highest BCUT2D eigenvalue weighted by Gasteiger charge is 2.49. The van der Waals surface area contributed by atoms with E-state index in [-0.39, 0.29) is 17.9 Å². The highest BCUT2D eigenvalue weighted by molar-refractivity contribution is 7.21. The Morgan fingerprint density at radius 1 is 1.17 bits per heavy atom. The first-order chi connectivity index (χ1) is 19.7. The van der Waals surface area contributed by atoms with Gasteiger partial charge in [0.15, 0.2) is 5.78 Å². The molecule has 7 N–H and O–H groups in total. The van der Waals surface area contributed by atoms with Crippen LogP contribution in [0, 0.1) is 0 Å². The van der Waals surface area contributed by atoms with Gasteiger partial charge in [-0.3, -0.25) is 14.4 Å². The Kier molecular flexibility index (Phi) is 6.57. The molecule has 3 unspecified atom stereocenters. The molecule has 1 aliphatic heterocycles. The third-order valence-corrected chi connectivity index (χ3v) is 8.95. The molecule has 41 heavy (non-hydrogen) atoms. The van der Waals surface area contributed by atoms with Gasteiger partial charge in [-0.1, -0.05) is 30.8 Å². The molecule has 2 aromatic heterocycles. The van der Waals surface area contributed by atoms with Crippen LogP contribution in [0.2, 0.25) is 0 Å². The number of pyridine rings is 1. The molecule has 3 heterocycles. The lowest BCUT2D eigenvalue weighted by atomic mass is 9.70. The van der Waals surface area contributed by atoms with E-state index in [1.54, 1.807) is 59.6 Å². The van der Waals surface area contributed by atoms with Crippen LogP contribution in [0.4, 0.5) is 5.69 Å². The number of rotatable bonds is 6. The maximum Gasteiger partial charge on any atom is 0.262 e. The van der Waals surface area contributed by atoms with E-state index in [0.717, 1.165) is 0 Å². The highest BCUT2D eigenvalue weighted by Crippen LogP contribution is 2.49. The number of hydrogen-bond acceptors (Lipinski definition) is 9. The number of Topliss-reactive ketones (excluding diaryl/α,β-unsaturated/α-hetero) is 1. The van der Waals surface area contributed by atoms with E-state index >= 15 is 0 Å². The maximum absolute atomic E-state index is 14.0. The van der Waals surface area contributed by atoms with Gasteiger partial charge < -0.3 is 32.2 Å². The zero-order valence-electron chi connectivity index (χ0n) is 22.0. The SMILES string of the molecule is C=CC(=O)N1CCC(NC(=O)c2sc3c(N)ccc4c3c2C(N)C(=O)C4(N)c2ccc(Oc3ccccn3)cc2)C1. The summed E-state index contributed by atoms with van der Waals surface area (Å²) in [5, 5.41) is 3.63. The number of nitrogens with zero attached hydrogens (tertiary/aromatic N) is 2. The van der Waals surface area contributed by atoms with Crippen molar-refractivity contribution >= 4 is 44.7 Å². The highest BCUT2D eigenvalue weighted by atomic mass is 32.1. The summed E-state index contributed by atoms with van der Waals surface area (Å²) in [7, 11) is 0. The summed E-state index contributed by atoms with van der Waals surface area (Å²) < 4.78 is 6.44. The normalized spacial score (nSPS) is 21.6. The van der Waals surface area contributed by atoms with Gasteiger partial charge in [-0.25, -0.2) is 4.98 Å². The van der Waals surface area contributed by atoms with E-state index < -0.39 is 17.4 Å². The van der Waals surface area contributed by atoms with Crippen molar-refractivity contribution < 1.29 is 19.1 Å². The van der Waals surface area contributed by atoms with E-state index in [1.165, 1.54) is 17.4 Å². The summed E-state index contributed by atoms with van der Waals surface area (Å²) in [5.41, 5.74) is 20.2. The number of likely N-dealkylation sites (tertiary alicyclic amines) is 1. The molecule has 10 nitrogen and oxygen atoms in total. The topological polar surface area (TPSA) is 167 Å². The predicted octanol–water partition coefficient (Wildman–Crippen LogP) is 2.97. The minimum absolute atomic E-state index is 0.181. The number of ketones is 1. The second kappa shape index (κ2) is 10.1. The Balaban J connectivity index is 1.37. The van der Waals surface area contributed by atoms with Gasteiger partial charge in [0.05, 0.1) is 15.6 Å². The van der Waals surface area contributed by atoms with Crippen LogP contribution >= 0.6 is 11.3 Å². The minimum Gasteiger partial charge on any atom is -0.439 e. The fourth-order valence-corrected chi connectivity index (χ4v) is 6.82. The molecule has 1 fully saturated rings. The van der Waals surface area contributed by atoms with Crippen molar-refractivity contribution in [3.05, 3.63) is 95.0 Å². The molecular weight excluding hydrogens is 540 g/mol. The van der Waals surface area contributed by atoms with E-state index in [0.29, 0.717) is 68.5 Å². The summed E-state index contributed by atoms with van der Waals surface area (Å²) in [4.78, 5) is 45.6. The van der Waals surface area contributed by atoms with E-state index in [4.69, 9.17) is 21.9 Å². The monoisotopic (exact) mass is 568 g/mol. The molecule has 1 saturated heterocycles. The molecule has 0 spiro atoms. The fourth-order valence-electron chi connectivity index (χ4n) is 5.62. The number of nitrogens with two attached hydrogens (primary N) is 3. The molecule has 2 aromatic carbocycles. The van der Waals surface area contributed by atoms with Crippen LogP contribution in [-0.2, 0) is 15.1 Å². The van der Waals surface area contributed by atoms with Crippen LogP contribution < -0.4 is 27.3 Å². The van der Waals surface area contributed by atoms with Gasteiger partial charge in [0, 0.05) is 48.0 Å². The Bertz CT molecular complexity index is 1700. The van der Waals surface area contributed by atoms with Crippen molar-refractivity contribution in [1.82, 2.24) is 15.2 Å². The average Bonchev–Trinajstić information content (AvgIpc) is 3.62. The number of amides is 2. The van der Waals surface area contributed by atoms with E-state index in [2.05, 4.69) is 16.9 Å². The van der Waals surface area contributed by atoms with Gasteiger partial charge in [0.1, 0.15) is 11.3 Å². The third kappa shape index (κ3) is 4.34. The zero-order chi connectivity index (χ0) is 28.9. The van der Waals surface area contributed by atoms with Crippen LogP contribution in [-0.4, -0.2) is 46.6 Å². The maximum atomic E-state index is 14.0. The number of nitrogens with one attached hydrogen (secondary N) is 1. The molecule has 3 atom stereocenters. The number of anilines is 1. The Hall–Kier alpha value is -4.58. The predicted molar refractivity (Wildman–Crippen MR) is 157 cm³/mol. The average molecular weight is 569 g/mol. The van der Waals surface area contributed by atoms with Crippen molar-refractivity contribution in [2.24, 2.45) is 11.5 Å². The van der Waals surface area contributed by atoms with Crippen molar-refractivity contribution in [2.45, 2.75) is 24.0 Å². The molecule has 1 aliphatic carbocycles. The first-order valence-electron chi connectivity index (χ1n) is 13.1. The first kappa shape index (κ1) is 26.6. The van der Waals surface area contributed by atoms with E-state index in [1.807, 2.05) is 6.07 Å². The smallest absolute Gasteiger partial charge is 0.262 e. The number of hydrogen-bond donors (Lipinski definition) is 4. The first-order valence-corrected chi connectivity index (χ1v) is 13.9. The number of aromatic nitrogens is 1. The van der Waals surface area contributed by atoms with Crippen molar-refractivity contribution in [3.63, 3.8) is 0 Å². The summed E-state index contributed by atoms with van der Waals surface area (Å²) >= 11 is 1.19. The van der Waals surface area contributed by atoms with Crippen LogP contribution in [0.1, 0.15) is 38.8 Å². The second-order valence-corrected chi connectivity index (χ2v) is 11.2. The molecule has 2 aliphatic rings. The lowest BCUT2D eigenvalue weighted by Crippen LogP contribution is -2.52. The van der Waals surface area contributed by atoms with E-state index in [9.17, 15) is 14.4 Å². The van der Waals surface area contributed by atoms with Crippen molar-refractivity contribution in [3.8, 4) is 11.6 Å². The number of nitrogen functional groups attached to an aromatic ring is 1. The molecule has 4 aromatic rings. The number of thiophene rings is 1. The third-order valence-electron chi connectivity index (χ3n) is 7.70. The largest absolute Gasteiger partial charge is 0.439 e. The van der Waals surface area contributed by atoms with Gasteiger partial charge in [-0.05, 0) is 47.9 Å². The van der Waals surface area contributed by atoms with Gasteiger partial charge in [0.25, 0.3) is 5.91 Å². The number of benzene rings is 2. The zero-order valence-corrected chi connectivity index (χ0v) is 22.8. The summed E-state index contributed by atoms with van der Waals surface area (Å²) in [6, 6.07) is 14.3. The molecule has 0 saturated carbocycles. The fraction of sp³-hybridized carbons (Fsp3) is 0.200. The number of carbonyl (C=O) groups excluding carboxylic acids is 3. The van der Waals surface area contributed by atoms with Crippen LogP contribution in [0.15, 0.2) is 73.4 Å². The summed E-state index contributed by atoms with van der Waals surface area (Å²) in [6.07, 6.45) is 3.50. The van der Waals surface area contributed by atoms with Gasteiger partial charge in [-0.2, -0.15) is 0 Å². The Labute approximate surface area is 239 Å². The van der Waals surface area contributed by atoms with Crippen LogP contribution in [0.5, 0.6) is 11.6 Å². The molecule has 2 amide bonds. The molecule has 0 radical (unpaired) electrons. The standard InChI is InChI=1S/C30H28N6O4S/c1-2-22(37)36-14-12-17(15-36)35-29(39)27-24-23-19(10-11-20(31)26(23)41-27)30(33,28(38)25(24)32)16-6-8-18(9-7-16)40-21-5-3-4-13-34-21/h2-11,13,17,25H,1,12,14-15,31-33H2,(H,35,39). The number of carbonyl (C=O) groups is 3. The van der Waals surface area contributed by atoms with Crippen molar-refractivity contribution in [2.75, 3.05) is 18.8 Å². The molecule has 0 bridgehead atoms. The minimum atomic E-state index is -1.58. The lowest BCUT2D eigenvalue weighted by Gasteiger charge is -2.36. The van der Waals surface area contributed by atoms with Gasteiger partial charge in [0.2, 0.25) is 11.8 Å². The number of ether oxygens (including phenoxy) is 1. The Morgan fingerprint density at radius 2 is 1.95 bits per heavy atom. The Morgan fingerprint density at radius 3 is 2.66 bits per heavy atom. The van der Waals surface area contributed by atoms with Crippen LogP contribution in [0.3, 0.4) is 0 Å². The summed E-state index contributed by atoms with van der Waals surface area (Å²) in [5.74, 6) is -0.0234. The quantitative estimate of drug-likeness (QED) is 0.203. The van der Waals surface area contributed by atoms with Crippen molar-refractivity contribution in [1.29, 1.82) is 0 Å². The molecule has 6 rings (SSSR count).